The van der Waals surface area contributed by atoms with Crippen LogP contribution < -0.4 is 5.11 Å². The van der Waals surface area contributed by atoms with Crippen LogP contribution in [0.15, 0.2) is 0 Å². The fourth-order valence-electron chi connectivity index (χ4n) is 0.784. The third-order valence-corrected chi connectivity index (χ3v) is 1.07. The molecule has 0 saturated heterocycles. The molecule has 4 heteroatoms. The highest BCUT2D eigenvalue weighted by atomic mass is 16.4. The van der Waals surface area contributed by atoms with Gasteiger partial charge in [-0.05, 0) is 0 Å². The molecule has 0 spiro atoms. The summed E-state index contributed by atoms with van der Waals surface area (Å²) in [5.41, 5.74) is 0. The number of nitrogens with zero attached hydrogens (tertiary/aromatic N) is 1. The van der Waals surface area contributed by atoms with E-state index >= 15 is 0 Å². The molecule has 0 amide bonds. The number of hydrogen-bond donors (Lipinski definition) is 1. The van der Waals surface area contributed by atoms with E-state index in [-0.39, 0.29) is 6.54 Å². The summed E-state index contributed by atoms with van der Waals surface area (Å²) in [6, 6.07) is 0. The van der Waals surface area contributed by atoms with Crippen molar-refractivity contribution in [2.45, 2.75) is 12.5 Å². The molecule has 66 valence electrons. The van der Waals surface area contributed by atoms with Crippen molar-refractivity contribution in [2.75, 3.05) is 27.6 Å². The van der Waals surface area contributed by atoms with Crippen molar-refractivity contribution >= 4 is 5.97 Å². The molecule has 0 aliphatic heterocycles. The van der Waals surface area contributed by atoms with Crippen LogP contribution in [0.3, 0.4) is 0 Å². The van der Waals surface area contributed by atoms with Crippen molar-refractivity contribution in [2.24, 2.45) is 0 Å². The monoisotopic (exact) mass is 164 g/mol. The molecule has 0 rings (SSSR count). The van der Waals surface area contributed by atoms with Crippen LogP contribution in [0.4, 0.5) is 0 Å². The zero-order valence-corrected chi connectivity index (χ0v) is 6.70. The van der Waals surface area contributed by atoms with Gasteiger partial charge in [0.05, 0.1) is 25.2 Å². The van der Waals surface area contributed by atoms with Crippen LogP contribution in [0.1, 0.15) is 10.5 Å². The number of aliphatic hydroxyl groups is 1. The number of aliphatic hydroxyl groups excluding tert-OH is 1. The molecule has 0 radical (unpaired) electrons. The Morgan fingerprint density at radius 1 is 1.82 bits per heavy atom. The Morgan fingerprint density at radius 2 is 2.36 bits per heavy atom. The highest BCUT2D eigenvalue weighted by Gasteiger charge is 2.14. The van der Waals surface area contributed by atoms with Gasteiger partial charge in [-0.15, -0.1) is 0 Å². The van der Waals surface area contributed by atoms with E-state index in [9.17, 15) is 15.0 Å². The first-order valence-corrected chi connectivity index (χ1v) is 3.27. The fourth-order valence-corrected chi connectivity index (χ4v) is 0.784. The third kappa shape index (κ3) is 7.29. The first kappa shape index (κ1) is 5.97. The molecule has 0 aliphatic rings. The van der Waals surface area contributed by atoms with Gasteiger partial charge in [-0.2, -0.15) is 0 Å². The van der Waals surface area contributed by atoms with E-state index in [1.54, 1.807) is 0 Å². The van der Waals surface area contributed by atoms with Gasteiger partial charge in [0.2, 0.25) is 0 Å². The standard InChI is InChI=1S/C7H15NO3/c1-8(2,3)5-6(9)4-7(10)11/h6,9H,4-5H2,1-3H3/t6-/m1/s1/i1D3. The van der Waals surface area contributed by atoms with Gasteiger partial charge in [-0.3, -0.25) is 0 Å². The number of rotatable bonds is 4. The first-order valence-electron chi connectivity index (χ1n) is 4.77. The summed E-state index contributed by atoms with van der Waals surface area (Å²) < 4.78 is 21.0. The molecule has 0 heterocycles. The number of carboxylic acids is 1. The van der Waals surface area contributed by atoms with E-state index in [4.69, 9.17) is 4.11 Å². The fraction of sp³-hybridized carbons (Fsp3) is 0.857. The highest BCUT2D eigenvalue weighted by molar-refractivity contribution is 5.64. The van der Waals surface area contributed by atoms with Gasteiger partial charge in [0.15, 0.2) is 0 Å². The van der Waals surface area contributed by atoms with Crippen LogP contribution in [-0.4, -0.2) is 49.3 Å². The summed E-state index contributed by atoms with van der Waals surface area (Å²) in [7, 11) is 2.82. The van der Waals surface area contributed by atoms with Gasteiger partial charge < -0.3 is 19.5 Å². The minimum absolute atomic E-state index is 0.148. The quantitative estimate of drug-likeness (QED) is 0.498. The number of hydrogen-bond acceptors (Lipinski definition) is 3. The largest absolute Gasteiger partial charge is 0.550 e. The molecule has 11 heavy (non-hydrogen) atoms. The molecule has 0 fully saturated rings. The third-order valence-electron chi connectivity index (χ3n) is 1.07. The van der Waals surface area contributed by atoms with Crippen LogP contribution in [0.5, 0.6) is 0 Å². The molecular formula is C7H15NO3. The molecule has 0 aromatic heterocycles. The Bertz CT molecular complexity index is 215. The lowest BCUT2D eigenvalue weighted by Crippen LogP contribution is -2.43. The lowest BCUT2D eigenvalue weighted by Gasteiger charge is -2.26. The predicted molar refractivity (Wildman–Crippen MR) is 38.5 cm³/mol. The van der Waals surface area contributed by atoms with Gasteiger partial charge >= 0.3 is 0 Å². The molecule has 1 N–H and O–H groups in total. The van der Waals surface area contributed by atoms with Crippen LogP contribution in [0.25, 0.3) is 0 Å². The van der Waals surface area contributed by atoms with Crippen LogP contribution in [-0.2, 0) is 4.79 Å². The van der Waals surface area contributed by atoms with E-state index < -0.39 is 30.0 Å². The molecule has 0 saturated carbocycles. The second-order valence-corrected chi connectivity index (χ2v) is 3.10. The van der Waals surface area contributed by atoms with Gasteiger partial charge in [0.25, 0.3) is 0 Å². The van der Waals surface area contributed by atoms with E-state index in [2.05, 4.69) is 0 Å². The lowest BCUT2D eigenvalue weighted by atomic mass is 10.2. The smallest absolute Gasteiger partial charge is 0.108 e. The molecular weight excluding hydrogens is 146 g/mol. The maximum Gasteiger partial charge on any atom is 0.108 e. The van der Waals surface area contributed by atoms with Crippen LogP contribution in [0.2, 0.25) is 0 Å². The van der Waals surface area contributed by atoms with Crippen LogP contribution in [0, 0.1) is 0 Å². The molecule has 0 aliphatic carbocycles. The first-order chi connectivity index (χ1) is 6.06. The van der Waals surface area contributed by atoms with Gasteiger partial charge in [0.1, 0.15) is 12.6 Å². The number of carboxylic acid groups (broad SMARTS) is 1. The minimum Gasteiger partial charge on any atom is -0.550 e. The summed E-state index contributed by atoms with van der Waals surface area (Å²) in [6.45, 7) is -2.42. The van der Waals surface area contributed by atoms with Crippen molar-refractivity contribution in [1.82, 2.24) is 0 Å². The molecule has 1 atom stereocenters. The number of likely N-dealkylation sites (N-methyl/N-ethyl adjacent to an activating group) is 1. The van der Waals surface area contributed by atoms with E-state index in [0.29, 0.717) is 0 Å². The van der Waals surface area contributed by atoms with Gasteiger partial charge in [-0.25, -0.2) is 0 Å². The Morgan fingerprint density at radius 3 is 2.73 bits per heavy atom. The normalized spacial score (nSPS) is 19.7. The SMILES string of the molecule is [2H]C([2H])([2H])[N+](C)(C)C[C@H](O)CC(=O)[O-]. The maximum atomic E-state index is 10.1. The Kier molecular flexibility index (Phi) is 2.00. The lowest BCUT2D eigenvalue weighted by molar-refractivity contribution is -0.873. The molecule has 0 aromatic carbocycles. The summed E-state index contributed by atoms with van der Waals surface area (Å²) in [5.74, 6) is -1.39. The summed E-state index contributed by atoms with van der Waals surface area (Å²) in [4.78, 5) is 10.1. The summed E-state index contributed by atoms with van der Waals surface area (Å²) in [6.07, 6.45) is -1.74. The van der Waals surface area contributed by atoms with Crippen molar-refractivity contribution in [3.8, 4) is 0 Å². The van der Waals surface area contributed by atoms with E-state index in [0.717, 1.165) is 0 Å². The summed E-state index contributed by atoms with van der Waals surface area (Å²) in [5, 5.41) is 19.4. The Hall–Kier alpha value is -0.610. The molecule has 4 nitrogen and oxygen atoms in total. The topological polar surface area (TPSA) is 60.4 Å². The van der Waals surface area contributed by atoms with Gasteiger partial charge in [-0.1, -0.05) is 0 Å². The average Bonchev–Trinajstić information content (AvgIpc) is 1.79. The zero-order chi connectivity index (χ0) is 11.6. The molecule has 0 bridgehead atoms. The second kappa shape index (κ2) is 3.69. The van der Waals surface area contributed by atoms with Crippen molar-refractivity contribution in [3.05, 3.63) is 0 Å². The Labute approximate surface area is 70.9 Å². The van der Waals surface area contributed by atoms with E-state index in [1.807, 2.05) is 0 Å². The van der Waals surface area contributed by atoms with Gasteiger partial charge in [0, 0.05) is 12.4 Å². The predicted octanol–water partition coefficient (Wildman–Crippen LogP) is -1.81. The Balaban J connectivity index is 4.29. The maximum absolute atomic E-state index is 10.1. The molecule has 0 aromatic rings. The zero-order valence-electron chi connectivity index (χ0n) is 9.70. The number of carbonyl (C=O) groups excluding carboxylic acids is 1. The average molecular weight is 164 g/mol. The number of carbonyl (C=O) groups is 1. The second-order valence-electron chi connectivity index (χ2n) is 3.10. The van der Waals surface area contributed by atoms with E-state index in [1.165, 1.54) is 14.1 Å². The van der Waals surface area contributed by atoms with Crippen LogP contribution >= 0.6 is 0 Å². The highest BCUT2D eigenvalue weighted by Crippen LogP contribution is 1.97. The van der Waals surface area contributed by atoms with Crippen molar-refractivity contribution in [1.29, 1.82) is 0 Å². The minimum atomic E-state index is -2.27. The molecule has 0 unspecified atom stereocenters. The van der Waals surface area contributed by atoms with Crippen molar-refractivity contribution in [3.63, 3.8) is 0 Å². The van der Waals surface area contributed by atoms with Crippen molar-refractivity contribution < 1.29 is 23.6 Å². The summed E-state index contributed by atoms with van der Waals surface area (Å²) >= 11 is 0. The number of aliphatic carboxylic acids is 1. The number of quaternary nitrogens is 1.